The first-order valence-electron chi connectivity index (χ1n) is 7.64. The molecule has 0 atom stereocenters. The minimum absolute atomic E-state index is 0.180. The Morgan fingerprint density at radius 3 is 2.20 bits per heavy atom. The maximum atomic E-state index is 13.2. The number of carbonyl (C=O) groups is 2. The van der Waals surface area contributed by atoms with Crippen molar-refractivity contribution in [1.29, 1.82) is 0 Å². The number of hydrogen-bond donors (Lipinski definition) is 1. The molecule has 11 heteroatoms. The second-order valence-corrected chi connectivity index (χ2v) is 6.73. The molecule has 1 N–H and O–H groups in total. The molecule has 2 rings (SSSR count). The second kappa shape index (κ2) is 6.52. The highest BCUT2D eigenvalue weighted by Crippen LogP contribution is 2.35. The van der Waals surface area contributed by atoms with Crippen molar-refractivity contribution in [2.75, 3.05) is 13.1 Å². The fraction of sp³-hybridized carbons (Fsp3) is 0.714. The molecule has 0 saturated carbocycles. The van der Waals surface area contributed by atoms with E-state index in [4.69, 9.17) is 9.84 Å². The van der Waals surface area contributed by atoms with Gasteiger partial charge in [0.05, 0.1) is 6.04 Å². The van der Waals surface area contributed by atoms with Crippen molar-refractivity contribution in [3.63, 3.8) is 0 Å². The zero-order valence-electron chi connectivity index (χ0n) is 14.0. The van der Waals surface area contributed by atoms with Gasteiger partial charge in [-0.1, -0.05) is 5.21 Å². The number of ether oxygens (including phenoxy) is 1. The minimum Gasteiger partial charge on any atom is -0.476 e. The predicted molar refractivity (Wildman–Crippen MR) is 78.1 cm³/mol. The monoisotopic (exact) mass is 364 g/mol. The lowest BCUT2D eigenvalue weighted by Crippen LogP contribution is -2.42. The Kier molecular flexibility index (Phi) is 4.96. The molecule has 0 bridgehead atoms. The molecule has 140 valence electrons. The van der Waals surface area contributed by atoms with Crippen LogP contribution in [-0.4, -0.2) is 55.8 Å². The van der Waals surface area contributed by atoms with Gasteiger partial charge >= 0.3 is 18.2 Å². The van der Waals surface area contributed by atoms with Crippen LogP contribution >= 0.6 is 0 Å². The number of aromatic carboxylic acids is 1. The van der Waals surface area contributed by atoms with Crippen LogP contribution in [0.3, 0.4) is 0 Å². The topological polar surface area (TPSA) is 97.5 Å². The molecule has 1 aliphatic heterocycles. The van der Waals surface area contributed by atoms with Crippen LogP contribution in [0.25, 0.3) is 0 Å². The van der Waals surface area contributed by atoms with Crippen LogP contribution in [0.15, 0.2) is 0 Å². The molecule has 1 aromatic rings. The molecule has 1 aliphatic rings. The van der Waals surface area contributed by atoms with E-state index in [0.29, 0.717) is 4.68 Å². The third-order valence-electron chi connectivity index (χ3n) is 3.63. The highest BCUT2D eigenvalue weighted by molar-refractivity contribution is 5.86. The summed E-state index contributed by atoms with van der Waals surface area (Å²) in [4.78, 5) is 24.3. The summed E-state index contributed by atoms with van der Waals surface area (Å²) in [5.74, 6) is -1.79. The predicted octanol–water partition coefficient (Wildman–Crippen LogP) is 2.57. The molecule has 25 heavy (non-hydrogen) atoms. The molecule has 1 aromatic heterocycles. The van der Waals surface area contributed by atoms with E-state index in [9.17, 15) is 22.8 Å². The van der Waals surface area contributed by atoms with E-state index in [1.807, 2.05) is 0 Å². The molecule has 0 unspecified atom stereocenters. The average Bonchev–Trinajstić information content (AvgIpc) is 2.90. The Hall–Kier alpha value is -2.33. The summed E-state index contributed by atoms with van der Waals surface area (Å²) in [5, 5.41) is 15.4. The third-order valence-corrected chi connectivity index (χ3v) is 3.63. The summed E-state index contributed by atoms with van der Waals surface area (Å²) in [6.45, 7) is 5.51. The van der Waals surface area contributed by atoms with Crippen molar-refractivity contribution < 1.29 is 32.6 Å². The summed E-state index contributed by atoms with van der Waals surface area (Å²) < 4.78 is 45.4. The van der Waals surface area contributed by atoms with Crippen molar-refractivity contribution in [3.05, 3.63) is 11.4 Å². The number of amides is 1. The summed E-state index contributed by atoms with van der Waals surface area (Å²) in [5.41, 5.74) is -3.17. The molecule has 8 nitrogen and oxygen atoms in total. The number of piperidine rings is 1. The van der Waals surface area contributed by atoms with Crippen LogP contribution in [0.1, 0.15) is 55.8 Å². The Morgan fingerprint density at radius 2 is 1.76 bits per heavy atom. The fourth-order valence-electron chi connectivity index (χ4n) is 2.58. The molecule has 0 spiro atoms. The maximum Gasteiger partial charge on any atom is 0.435 e. The number of alkyl halides is 3. The van der Waals surface area contributed by atoms with Crippen molar-refractivity contribution in [3.8, 4) is 0 Å². The first-order chi connectivity index (χ1) is 11.4. The van der Waals surface area contributed by atoms with E-state index < -0.39 is 41.3 Å². The van der Waals surface area contributed by atoms with Crippen LogP contribution in [0, 0.1) is 0 Å². The number of carboxylic acid groups (broad SMARTS) is 1. The number of carbonyl (C=O) groups excluding carboxylic acids is 1. The van der Waals surface area contributed by atoms with Crippen molar-refractivity contribution >= 4 is 12.1 Å². The van der Waals surface area contributed by atoms with Gasteiger partial charge in [-0.15, -0.1) is 5.10 Å². The van der Waals surface area contributed by atoms with Gasteiger partial charge in [-0.05, 0) is 33.6 Å². The first-order valence-corrected chi connectivity index (χ1v) is 7.64. The number of nitrogens with zero attached hydrogens (tertiary/aromatic N) is 4. The Balaban J connectivity index is 2.14. The van der Waals surface area contributed by atoms with Gasteiger partial charge in [0, 0.05) is 13.1 Å². The molecule has 2 heterocycles. The van der Waals surface area contributed by atoms with Gasteiger partial charge < -0.3 is 14.7 Å². The Bertz CT molecular complexity index is 658. The number of carboxylic acids is 1. The lowest BCUT2D eigenvalue weighted by Gasteiger charge is -2.33. The van der Waals surface area contributed by atoms with Crippen LogP contribution in [0.5, 0.6) is 0 Å². The molecule has 1 fully saturated rings. The first kappa shape index (κ1) is 19.0. The van der Waals surface area contributed by atoms with Crippen LogP contribution in [0.2, 0.25) is 0 Å². The molecule has 1 saturated heterocycles. The van der Waals surface area contributed by atoms with Gasteiger partial charge in [0.25, 0.3) is 0 Å². The Morgan fingerprint density at radius 1 is 1.20 bits per heavy atom. The molecule has 0 radical (unpaired) electrons. The number of hydrogen-bond acceptors (Lipinski definition) is 5. The van der Waals surface area contributed by atoms with Gasteiger partial charge in [0.15, 0.2) is 5.69 Å². The summed E-state index contributed by atoms with van der Waals surface area (Å²) >= 11 is 0. The Labute approximate surface area is 141 Å². The van der Waals surface area contributed by atoms with Crippen molar-refractivity contribution in [2.45, 2.75) is 51.4 Å². The highest BCUT2D eigenvalue weighted by atomic mass is 19.4. The van der Waals surface area contributed by atoms with E-state index >= 15 is 0 Å². The summed E-state index contributed by atoms with van der Waals surface area (Å²) in [7, 11) is 0. The van der Waals surface area contributed by atoms with E-state index in [2.05, 4.69) is 10.3 Å². The zero-order valence-corrected chi connectivity index (χ0v) is 14.0. The number of likely N-dealkylation sites (tertiary alicyclic amines) is 1. The van der Waals surface area contributed by atoms with Crippen LogP contribution < -0.4 is 0 Å². The van der Waals surface area contributed by atoms with E-state index in [1.165, 1.54) is 4.90 Å². The number of aromatic nitrogens is 3. The van der Waals surface area contributed by atoms with Crippen molar-refractivity contribution in [1.82, 2.24) is 19.9 Å². The van der Waals surface area contributed by atoms with Gasteiger partial charge in [0.1, 0.15) is 5.60 Å². The van der Waals surface area contributed by atoms with Crippen LogP contribution in [0.4, 0.5) is 18.0 Å². The zero-order chi connectivity index (χ0) is 19.0. The standard InChI is InChI=1S/C14H19F3N4O4/c1-13(2,3)25-12(24)20-6-4-8(5-7-20)21-10(14(15,16)17)9(11(22)23)18-19-21/h8H,4-7H2,1-3H3,(H,22,23). The highest BCUT2D eigenvalue weighted by Gasteiger charge is 2.43. The second-order valence-electron chi connectivity index (χ2n) is 6.73. The lowest BCUT2D eigenvalue weighted by atomic mass is 10.0. The van der Waals surface area contributed by atoms with E-state index in [-0.39, 0.29) is 25.9 Å². The largest absolute Gasteiger partial charge is 0.476 e. The van der Waals surface area contributed by atoms with Gasteiger partial charge in [-0.3, -0.25) is 0 Å². The quantitative estimate of drug-likeness (QED) is 0.866. The third kappa shape index (κ3) is 4.40. The molecule has 0 aromatic carbocycles. The lowest BCUT2D eigenvalue weighted by molar-refractivity contribution is -0.145. The van der Waals surface area contributed by atoms with Crippen LogP contribution in [-0.2, 0) is 10.9 Å². The van der Waals surface area contributed by atoms with Gasteiger partial charge in [0.2, 0.25) is 5.69 Å². The van der Waals surface area contributed by atoms with Crippen molar-refractivity contribution in [2.24, 2.45) is 0 Å². The number of rotatable bonds is 2. The summed E-state index contributed by atoms with van der Waals surface area (Å²) in [6, 6.07) is -0.698. The number of halogens is 3. The van der Waals surface area contributed by atoms with E-state index in [1.54, 1.807) is 20.8 Å². The maximum absolute atomic E-state index is 13.2. The smallest absolute Gasteiger partial charge is 0.435 e. The van der Waals surface area contributed by atoms with Gasteiger partial charge in [-0.2, -0.15) is 13.2 Å². The molecule has 0 aliphatic carbocycles. The molecular weight excluding hydrogens is 345 g/mol. The SMILES string of the molecule is CC(C)(C)OC(=O)N1CCC(n2nnc(C(=O)O)c2C(F)(F)F)CC1. The average molecular weight is 364 g/mol. The summed E-state index contributed by atoms with van der Waals surface area (Å²) in [6.07, 6.45) is -5.05. The van der Waals surface area contributed by atoms with E-state index in [0.717, 1.165) is 0 Å². The molecule has 1 amide bonds. The molecular formula is C14H19F3N4O4. The fourth-order valence-corrected chi connectivity index (χ4v) is 2.58. The minimum atomic E-state index is -4.89. The normalized spacial score (nSPS) is 16.8. The van der Waals surface area contributed by atoms with Gasteiger partial charge in [-0.25, -0.2) is 14.3 Å².